The van der Waals surface area contributed by atoms with Gasteiger partial charge in [-0.25, -0.2) is 9.37 Å². The Morgan fingerprint density at radius 3 is 2.58 bits per heavy atom. The molecule has 2 N–H and O–H groups in total. The molecule has 0 saturated carbocycles. The molecule has 0 radical (unpaired) electrons. The molecule has 0 atom stereocenters. The maximum Gasteiger partial charge on any atom is 0.277 e. The quantitative estimate of drug-likeness (QED) is 0.719. The van der Waals surface area contributed by atoms with Crippen molar-refractivity contribution in [1.29, 1.82) is 0 Å². The van der Waals surface area contributed by atoms with Gasteiger partial charge in [-0.05, 0) is 70.5 Å². The summed E-state index contributed by atoms with van der Waals surface area (Å²) >= 11 is 5.69. The third kappa shape index (κ3) is 6.74. The number of likely N-dealkylation sites (tertiary alicyclic amines) is 1. The van der Waals surface area contributed by atoms with E-state index in [0.717, 1.165) is 37.6 Å². The number of hydrogen-bond donors (Lipinski definition) is 2. The van der Waals surface area contributed by atoms with Crippen LogP contribution < -0.4 is 10.6 Å². The summed E-state index contributed by atoms with van der Waals surface area (Å²) in [6.45, 7) is 8.35. The molecule has 8 heteroatoms. The van der Waals surface area contributed by atoms with E-state index in [1.165, 1.54) is 6.20 Å². The van der Waals surface area contributed by atoms with E-state index in [0.29, 0.717) is 12.2 Å². The Labute approximate surface area is 187 Å². The van der Waals surface area contributed by atoms with E-state index >= 15 is 0 Å². The van der Waals surface area contributed by atoms with Gasteiger partial charge in [-0.2, -0.15) is 0 Å². The lowest BCUT2D eigenvalue weighted by Crippen LogP contribution is -2.46. The van der Waals surface area contributed by atoms with Crippen LogP contribution >= 0.6 is 11.6 Å². The zero-order chi connectivity index (χ0) is 22.6. The van der Waals surface area contributed by atoms with E-state index < -0.39 is 11.7 Å². The average Bonchev–Trinajstić information content (AvgIpc) is 2.67. The van der Waals surface area contributed by atoms with E-state index in [-0.39, 0.29) is 28.1 Å². The second kappa shape index (κ2) is 9.75. The second-order valence-electron chi connectivity index (χ2n) is 8.93. The zero-order valence-electron chi connectivity index (χ0n) is 18.0. The van der Waals surface area contributed by atoms with Crippen molar-refractivity contribution < 1.29 is 14.0 Å². The number of carbonyl (C=O) groups is 2. The van der Waals surface area contributed by atoms with Gasteiger partial charge in [0.2, 0.25) is 5.91 Å². The molecule has 1 aromatic carbocycles. The number of pyridine rings is 1. The molecule has 1 aromatic heterocycles. The summed E-state index contributed by atoms with van der Waals surface area (Å²) in [6.07, 6.45) is 2.88. The molecular weight excluding hydrogens is 419 g/mol. The molecule has 0 unspecified atom stereocenters. The minimum absolute atomic E-state index is 0.0443. The first kappa shape index (κ1) is 23.2. The van der Waals surface area contributed by atoms with Crippen molar-refractivity contribution in [2.75, 3.05) is 18.4 Å². The summed E-state index contributed by atoms with van der Waals surface area (Å²) in [7, 11) is 0. The highest BCUT2D eigenvalue weighted by molar-refractivity contribution is 6.30. The van der Waals surface area contributed by atoms with Gasteiger partial charge in [-0.3, -0.25) is 14.5 Å². The van der Waals surface area contributed by atoms with Crippen molar-refractivity contribution >= 4 is 29.1 Å². The fourth-order valence-corrected chi connectivity index (χ4v) is 3.75. The predicted molar refractivity (Wildman–Crippen MR) is 119 cm³/mol. The number of piperidine rings is 1. The largest absolute Gasteiger partial charge is 0.351 e. The summed E-state index contributed by atoms with van der Waals surface area (Å²) < 4.78 is 13.9. The lowest BCUT2D eigenvalue weighted by molar-refractivity contribution is -0.127. The molecule has 1 aliphatic rings. The number of hydrogen-bond acceptors (Lipinski definition) is 4. The summed E-state index contributed by atoms with van der Waals surface area (Å²) in [5.74, 6) is -1.22. The number of benzene rings is 1. The van der Waals surface area contributed by atoms with Crippen LogP contribution in [-0.2, 0) is 11.3 Å². The van der Waals surface area contributed by atoms with Crippen LogP contribution in [0.5, 0.6) is 0 Å². The number of halogens is 2. The Balaban J connectivity index is 1.55. The molecular formula is C23H28ClFN4O2. The van der Waals surface area contributed by atoms with Gasteiger partial charge in [0.05, 0.1) is 5.02 Å². The number of anilines is 1. The number of nitrogens with one attached hydrogen (secondary N) is 2. The molecule has 2 heterocycles. The standard InChI is InChI=1S/C23H28ClFN4O2/c1-23(2,3)28-21(30)16-7-9-29(10-8-16)14-15-5-4-6-18(11-15)27-22(31)20-19(25)12-17(24)13-26-20/h4-6,11-13,16H,7-10,14H2,1-3H3,(H,27,31)(H,28,30). The van der Waals surface area contributed by atoms with Crippen LogP contribution in [-0.4, -0.2) is 40.3 Å². The fourth-order valence-electron chi connectivity index (χ4n) is 3.60. The summed E-state index contributed by atoms with van der Waals surface area (Å²) in [4.78, 5) is 30.8. The highest BCUT2D eigenvalue weighted by Crippen LogP contribution is 2.22. The van der Waals surface area contributed by atoms with Crippen molar-refractivity contribution in [1.82, 2.24) is 15.2 Å². The second-order valence-corrected chi connectivity index (χ2v) is 9.36. The first-order valence-corrected chi connectivity index (χ1v) is 10.7. The van der Waals surface area contributed by atoms with E-state index in [9.17, 15) is 14.0 Å². The van der Waals surface area contributed by atoms with Crippen LogP contribution in [0.15, 0.2) is 36.5 Å². The van der Waals surface area contributed by atoms with E-state index in [4.69, 9.17) is 11.6 Å². The van der Waals surface area contributed by atoms with Crippen molar-refractivity contribution in [2.24, 2.45) is 5.92 Å². The smallest absolute Gasteiger partial charge is 0.277 e. The van der Waals surface area contributed by atoms with Crippen molar-refractivity contribution in [3.05, 3.63) is 58.6 Å². The highest BCUT2D eigenvalue weighted by atomic mass is 35.5. The molecule has 6 nitrogen and oxygen atoms in total. The summed E-state index contributed by atoms with van der Waals surface area (Å²) in [5.41, 5.74) is 1.08. The SMILES string of the molecule is CC(C)(C)NC(=O)C1CCN(Cc2cccc(NC(=O)c3ncc(Cl)cc3F)c2)CC1. The van der Waals surface area contributed by atoms with Crippen molar-refractivity contribution in [3.63, 3.8) is 0 Å². The Kier molecular flexibility index (Phi) is 7.28. The molecule has 1 aliphatic heterocycles. The minimum atomic E-state index is -0.764. The molecule has 3 rings (SSSR count). The average molecular weight is 447 g/mol. The van der Waals surface area contributed by atoms with E-state index in [2.05, 4.69) is 20.5 Å². The van der Waals surface area contributed by atoms with Gasteiger partial charge in [-0.15, -0.1) is 0 Å². The Hall–Kier alpha value is -2.51. The van der Waals surface area contributed by atoms with Crippen LogP contribution in [0.2, 0.25) is 5.02 Å². The molecule has 2 aromatic rings. The van der Waals surface area contributed by atoms with Crippen LogP contribution in [0, 0.1) is 11.7 Å². The lowest BCUT2D eigenvalue weighted by Gasteiger charge is -2.33. The number of rotatable bonds is 5. The van der Waals surface area contributed by atoms with Gasteiger partial charge >= 0.3 is 0 Å². The number of carbonyl (C=O) groups excluding carboxylic acids is 2. The monoisotopic (exact) mass is 446 g/mol. The van der Waals surface area contributed by atoms with Gasteiger partial charge < -0.3 is 10.6 Å². The van der Waals surface area contributed by atoms with Gasteiger partial charge in [0.1, 0.15) is 0 Å². The number of nitrogens with zero attached hydrogens (tertiary/aromatic N) is 2. The van der Waals surface area contributed by atoms with Gasteiger partial charge in [0.25, 0.3) is 5.91 Å². The van der Waals surface area contributed by atoms with E-state index in [1.54, 1.807) is 6.07 Å². The molecule has 166 valence electrons. The minimum Gasteiger partial charge on any atom is -0.351 e. The Bertz CT molecular complexity index is 953. The third-order valence-corrected chi connectivity index (χ3v) is 5.28. The first-order valence-electron chi connectivity index (χ1n) is 10.4. The third-order valence-electron chi connectivity index (χ3n) is 5.07. The summed E-state index contributed by atoms with van der Waals surface area (Å²) in [6, 6.07) is 8.50. The van der Waals surface area contributed by atoms with Crippen molar-refractivity contribution in [2.45, 2.75) is 45.7 Å². The predicted octanol–water partition coefficient (Wildman–Crippen LogP) is 4.25. The van der Waals surface area contributed by atoms with Crippen LogP contribution in [0.4, 0.5) is 10.1 Å². The zero-order valence-corrected chi connectivity index (χ0v) is 18.8. The first-order chi connectivity index (χ1) is 14.6. The number of aromatic nitrogens is 1. The molecule has 1 fully saturated rings. The van der Waals surface area contributed by atoms with E-state index in [1.807, 2.05) is 39.0 Å². The van der Waals surface area contributed by atoms with Gasteiger partial charge in [-0.1, -0.05) is 23.7 Å². The van der Waals surface area contributed by atoms with Crippen molar-refractivity contribution in [3.8, 4) is 0 Å². The van der Waals surface area contributed by atoms with Crippen LogP contribution in [0.3, 0.4) is 0 Å². The topological polar surface area (TPSA) is 74.3 Å². The Morgan fingerprint density at radius 1 is 1.23 bits per heavy atom. The fraction of sp³-hybridized carbons (Fsp3) is 0.435. The molecule has 2 amide bonds. The Morgan fingerprint density at radius 2 is 1.94 bits per heavy atom. The van der Waals surface area contributed by atoms with Gasteiger partial charge in [0, 0.05) is 29.9 Å². The van der Waals surface area contributed by atoms with Crippen LogP contribution in [0.25, 0.3) is 0 Å². The number of amides is 2. The van der Waals surface area contributed by atoms with Gasteiger partial charge in [0.15, 0.2) is 11.5 Å². The maximum atomic E-state index is 13.9. The molecule has 0 bridgehead atoms. The summed E-state index contributed by atoms with van der Waals surface area (Å²) in [5, 5.41) is 5.88. The normalized spacial score (nSPS) is 15.5. The molecule has 31 heavy (non-hydrogen) atoms. The molecule has 1 saturated heterocycles. The lowest BCUT2D eigenvalue weighted by atomic mass is 9.94. The molecule has 0 aliphatic carbocycles. The molecule has 0 spiro atoms. The van der Waals surface area contributed by atoms with Crippen LogP contribution in [0.1, 0.15) is 49.7 Å². The maximum absolute atomic E-state index is 13.9. The highest BCUT2D eigenvalue weighted by Gasteiger charge is 2.27.